The molecule has 6 nitrogen and oxygen atoms in total. The number of pyridine rings is 1. The summed E-state index contributed by atoms with van der Waals surface area (Å²) in [5.41, 5.74) is 3.89. The lowest BCUT2D eigenvalue weighted by Gasteiger charge is -2.33. The monoisotopic (exact) mass is 345 g/mol. The fraction of sp³-hybridized carbons (Fsp3) is 0.300. The molecule has 3 aromatic heterocycles. The highest BCUT2D eigenvalue weighted by Crippen LogP contribution is 2.35. The van der Waals surface area contributed by atoms with Gasteiger partial charge in [0.2, 0.25) is 0 Å². The van der Waals surface area contributed by atoms with E-state index in [9.17, 15) is 0 Å². The van der Waals surface area contributed by atoms with Crippen LogP contribution in [-0.4, -0.2) is 33.2 Å². The summed E-state index contributed by atoms with van der Waals surface area (Å²) >= 11 is 0. The molecule has 1 aliphatic rings. The number of anilines is 1. The van der Waals surface area contributed by atoms with E-state index in [1.807, 2.05) is 19.2 Å². The largest absolute Gasteiger partial charge is 0.356 e. The number of fused-ring (bicyclic) bond motifs is 2. The van der Waals surface area contributed by atoms with E-state index in [4.69, 9.17) is 4.52 Å². The van der Waals surface area contributed by atoms with E-state index in [-0.39, 0.29) is 0 Å². The van der Waals surface area contributed by atoms with Gasteiger partial charge in [-0.3, -0.25) is 4.98 Å². The first-order chi connectivity index (χ1) is 12.8. The Balaban J connectivity index is 1.43. The third-order valence-corrected chi connectivity index (χ3v) is 5.34. The Labute approximate surface area is 150 Å². The minimum absolute atomic E-state index is 0.542. The summed E-state index contributed by atoms with van der Waals surface area (Å²) in [6.45, 7) is 3.85. The summed E-state index contributed by atoms with van der Waals surface area (Å²) < 4.78 is 5.28. The standard InChI is InChI=1S/C20H19N5O/c1-13-18-19(22-12-23-20(18)26-24-13)25-10-7-14(8-11-25)15-6-9-21-17-5-3-2-4-16(15)17/h2-6,9,12,14H,7-8,10-11H2,1H3. The second-order valence-corrected chi connectivity index (χ2v) is 6.82. The Morgan fingerprint density at radius 1 is 1.04 bits per heavy atom. The van der Waals surface area contributed by atoms with E-state index >= 15 is 0 Å². The van der Waals surface area contributed by atoms with Crippen LogP contribution < -0.4 is 4.90 Å². The van der Waals surface area contributed by atoms with Crippen LogP contribution in [0.1, 0.15) is 30.0 Å². The Kier molecular flexibility index (Phi) is 3.55. The Morgan fingerprint density at radius 3 is 2.77 bits per heavy atom. The van der Waals surface area contributed by atoms with Crippen molar-refractivity contribution < 1.29 is 4.52 Å². The molecule has 0 saturated carbocycles. The summed E-state index contributed by atoms with van der Waals surface area (Å²) in [7, 11) is 0. The molecule has 0 unspecified atom stereocenters. The normalized spacial score (nSPS) is 15.8. The molecule has 0 N–H and O–H groups in total. The van der Waals surface area contributed by atoms with Crippen molar-refractivity contribution in [1.29, 1.82) is 0 Å². The maximum atomic E-state index is 5.28. The van der Waals surface area contributed by atoms with Gasteiger partial charge in [-0.15, -0.1) is 0 Å². The highest BCUT2D eigenvalue weighted by molar-refractivity contribution is 5.88. The third kappa shape index (κ3) is 2.41. The quantitative estimate of drug-likeness (QED) is 0.549. The van der Waals surface area contributed by atoms with Crippen molar-refractivity contribution in [3.8, 4) is 0 Å². The van der Waals surface area contributed by atoms with Gasteiger partial charge in [0, 0.05) is 24.7 Å². The maximum Gasteiger partial charge on any atom is 0.263 e. The molecule has 1 saturated heterocycles. The lowest BCUT2D eigenvalue weighted by Crippen LogP contribution is -2.33. The van der Waals surface area contributed by atoms with Gasteiger partial charge in [0.1, 0.15) is 17.5 Å². The van der Waals surface area contributed by atoms with Gasteiger partial charge in [-0.25, -0.2) is 4.98 Å². The van der Waals surface area contributed by atoms with Crippen LogP contribution in [0.5, 0.6) is 0 Å². The molecule has 1 aliphatic heterocycles. The summed E-state index contributed by atoms with van der Waals surface area (Å²) in [6.07, 6.45) is 5.66. The van der Waals surface area contributed by atoms with Gasteiger partial charge in [-0.1, -0.05) is 23.4 Å². The van der Waals surface area contributed by atoms with E-state index in [0.717, 1.165) is 48.3 Å². The summed E-state index contributed by atoms with van der Waals surface area (Å²) in [4.78, 5) is 15.5. The molecule has 0 radical (unpaired) electrons. The third-order valence-electron chi connectivity index (χ3n) is 5.34. The van der Waals surface area contributed by atoms with Gasteiger partial charge in [0.05, 0.1) is 11.2 Å². The molecular weight excluding hydrogens is 326 g/mol. The van der Waals surface area contributed by atoms with Gasteiger partial charge in [0.15, 0.2) is 0 Å². The second kappa shape index (κ2) is 6.05. The van der Waals surface area contributed by atoms with E-state index in [1.54, 1.807) is 6.33 Å². The zero-order chi connectivity index (χ0) is 17.5. The van der Waals surface area contributed by atoms with Gasteiger partial charge < -0.3 is 9.42 Å². The van der Waals surface area contributed by atoms with Crippen LogP contribution in [0, 0.1) is 6.92 Å². The van der Waals surface area contributed by atoms with Crippen molar-refractivity contribution in [3.05, 3.63) is 54.1 Å². The molecule has 0 aliphatic carbocycles. The molecule has 0 atom stereocenters. The maximum absolute atomic E-state index is 5.28. The number of benzene rings is 1. The van der Waals surface area contributed by atoms with Crippen LogP contribution in [0.15, 0.2) is 47.4 Å². The lowest BCUT2D eigenvalue weighted by molar-refractivity contribution is 0.442. The smallest absolute Gasteiger partial charge is 0.263 e. The number of aryl methyl sites for hydroxylation is 1. The fourth-order valence-corrected chi connectivity index (χ4v) is 4.02. The van der Waals surface area contributed by atoms with Crippen LogP contribution in [0.25, 0.3) is 22.0 Å². The van der Waals surface area contributed by atoms with Crippen LogP contribution in [0.4, 0.5) is 5.82 Å². The van der Waals surface area contributed by atoms with E-state index in [0.29, 0.717) is 11.6 Å². The number of nitrogens with zero attached hydrogens (tertiary/aromatic N) is 5. The summed E-state index contributed by atoms with van der Waals surface area (Å²) in [5, 5.41) is 6.24. The van der Waals surface area contributed by atoms with Crippen molar-refractivity contribution in [2.45, 2.75) is 25.7 Å². The van der Waals surface area contributed by atoms with Crippen LogP contribution >= 0.6 is 0 Å². The molecule has 4 heterocycles. The number of para-hydroxylation sites is 1. The first-order valence-electron chi connectivity index (χ1n) is 8.97. The Hall–Kier alpha value is -3.02. The molecule has 0 bridgehead atoms. The molecule has 0 spiro atoms. The summed E-state index contributed by atoms with van der Waals surface area (Å²) in [5.74, 6) is 1.48. The van der Waals surface area contributed by atoms with Crippen molar-refractivity contribution >= 4 is 27.8 Å². The molecule has 4 aromatic rings. The van der Waals surface area contributed by atoms with Crippen LogP contribution in [0.3, 0.4) is 0 Å². The predicted octanol–water partition coefficient (Wildman–Crippen LogP) is 3.86. The number of aromatic nitrogens is 4. The average Bonchev–Trinajstić information content (AvgIpc) is 3.09. The molecule has 1 aromatic carbocycles. The lowest BCUT2D eigenvalue weighted by atomic mass is 9.87. The van der Waals surface area contributed by atoms with Crippen molar-refractivity contribution in [2.75, 3.05) is 18.0 Å². The Morgan fingerprint density at radius 2 is 1.88 bits per heavy atom. The molecule has 26 heavy (non-hydrogen) atoms. The van der Waals surface area contributed by atoms with Gasteiger partial charge in [-0.2, -0.15) is 4.98 Å². The average molecular weight is 345 g/mol. The molecule has 0 amide bonds. The zero-order valence-electron chi connectivity index (χ0n) is 14.6. The SMILES string of the molecule is Cc1noc2ncnc(N3CCC(c4ccnc5ccccc45)CC3)c12. The Bertz CT molecular complexity index is 1080. The van der Waals surface area contributed by atoms with Crippen molar-refractivity contribution in [3.63, 3.8) is 0 Å². The molecule has 1 fully saturated rings. The minimum Gasteiger partial charge on any atom is -0.356 e. The zero-order valence-corrected chi connectivity index (χ0v) is 14.6. The molecule has 130 valence electrons. The van der Waals surface area contributed by atoms with Gasteiger partial charge >= 0.3 is 0 Å². The molecule has 5 rings (SSSR count). The van der Waals surface area contributed by atoms with Crippen molar-refractivity contribution in [2.24, 2.45) is 0 Å². The van der Waals surface area contributed by atoms with Crippen molar-refractivity contribution in [1.82, 2.24) is 20.1 Å². The van der Waals surface area contributed by atoms with Gasteiger partial charge in [-0.05, 0) is 43.4 Å². The number of rotatable bonds is 2. The molecular formula is C20H19N5O. The van der Waals surface area contributed by atoms with Gasteiger partial charge in [0.25, 0.3) is 5.71 Å². The second-order valence-electron chi connectivity index (χ2n) is 6.82. The van der Waals surface area contributed by atoms with E-state index < -0.39 is 0 Å². The first kappa shape index (κ1) is 15.3. The van der Waals surface area contributed by atoms with E-state index in [1.165, 1.54) is 10.9 Å². The minimum atomic E-state index is 0.542. The number of hydrogen-bond donors (Lipinski definition) is 0. The molecule has 6 heteroatoms. The van der Waals surface area contributed by atoms with E-state index in [2.05, 4.69) is 49.3 Å². The fourth-order valence-electron chi connectivity index (χ4n) is 4.02. The predicted molar refractivity (Wildman–Crippen MR) is 100 cm³/mol. The van der Waals surface area contributed by atoms with Crippen LogP contribution in [-0.2, 0) is 0 Å². The number of piperidine rings is 1. The summed E-state index contributed by atoms with van der Waals surface area (Å²) in [6, 6.07) is 10.6. The first-order valence-corrected chi connectivity index (χ1v) is 8.97. The van der Waals surface area contributed by atoms with Crippen LogP contribution in [0.2, 0.25) is 0 Å². The highest BCUT2D eigenvalue weighted by Gasteiger charge is 2.25. The number of hydrogen-bond acceptors (Lipinski definition) is 6. The topological polar surface area (TPSA) is 67.9 Å². The highest BCUT2D eigenvalue weighted by atomic mass is 16.5.